The SMILES string of the molecule is O=C(c1cccc(O)c1)N1CCCC2CCCCC21. The highest BCUT2D eigenvalue weighted by molar-refractivity contribution is 5.94. The van der Waals surface area contributed by atoms with E-state index in [0.29, 0.717) is 17.5 Å². The van der Waals surface area contributed by atoms with Gasteiger partial charge in [0.05, 0.1) is 0 Å². The minimum absolute atomic E-state index is 0.0903. The fourth-order valence-corrected chi connectivity index (χ4v) is 3.68. The summed E-state index contributed by atoms with van der Waals surface area (Å²) in [5.74, 6) is 0.958. The van der Waals surface area contributed by atoms with Gasteiger partial charge in [0.2, 0.25) is 0 Å². The second-order valence-electron chi connectivity index (χ2n) is 5.80. The maximum Gasteiger partial charge on any atom is 0.254 e. The van der Waals surface area contributed by atoms with E-state index < -0.39 is 0 Å². The van der Waals surface area contributed by atoms with Gasteiger partial charge < -0.3 is 10.0 Å². The molecule has 2 aliphatic rings. The minimum Gasteiger partial charge on any atom is -0.508 e. The van der Waals surface area contributed by atoms with Crippen LogP contribution in [0.3, 0.4) is 0 Å². The largest absolute Gasteiger partial charge is 0.508 e. The van der Waals surface area contributed by atoms with Crippen LogP contribution in [0.5, 0.6) is 5.75 Å². The number of hydrogen-bond acceptors (Lipinski definition) is 2. The number of fused-ring (bicyclic) bond motifs is 1. The van der Waals surface area contributed by atoms with Crippen LogP contribution in [0.1, 0.15) is 48.9 Å². The van der Waals surface area contributed by atoms with Gasteiger partial charge in [0.1, 0.15) is 5.75 Å². The third-order valence-corrected chi connectivity index (χ3v) is 4.60. The zero-order valence-corrected chi connectivity index (χ0v) is 11.2. The molecule has 1 aliphatic carbocycles. The second kappa shape index (κ2) is 5.24. The molecule has 0 bridgehead atoms. The summed E-state index contributed by atoms with van der Waals surface area (Å²) >= 11 is 0. The number of rotatable bonds is 1. The number of piperidine rings is 1. The molecule has 1 saturated carbocycles. The van der Waals surface area contributed by atoms with Gasteiger partial charge >= 0.3 is 0 Å². The van der Waals surface area contributed by atoms with Crippen molar-refractivity contribution >= 4 is 5.91 Å². The van der Waals surface area contributed by atoms with E-state index in [1.165, 1.54) is 25.7 Å². The first-order valence-electron chi connectivity index (χ1n) is 7.36. The third-order valence-electron chi connectivity index (χ3n) is 4.60. The van der Waals surface area contributed by atoms with Gasteiger partial charge in [-0.2, -0.15) is 0 Å². The van der Waals surface area contributed by atoms with Crippen molar-refractivity contribution in [2.24, 2.45) is 5.92 Å². The quantitative estimate of drug-likeness (QED) is 0.841. The summed E-state index contributed by atoms with van der Waals surface area (Å²) < 4.78 is 0. The zero-order valence-electron chi connectivity index (χ0n) is 11.2. The van der Waals surface area contributed by atoms with Crippen LogP contribution in [0.2, 0.25) is 0 Å². The van der Waals surface area contributed by atoms with E-state index in [1.54, 1.807) is 24.3 Å². The average molecular weight is 259 g/mol. The molecule has 1 saturated heterocycles. The Balaban J connectivity index is 1.82. The number of benzene rings is 1. The normalized spacial score (nSPS) is 26.8. The zero-order chi connectivity index (χ0) is 13.2. The van der Waals surface area contributed by atoms with Gasteiger partial charge in [-0.05, 0) is 49.8 Å². The lowest BCUT2D eigenvalue weighted by molar-refractivity contribution is 0.0390. The summed E-state index contributed by atoms with van der Waals surface area (Å²) in [6, 6.07) is 7.15. The molecule has 1 aromatic carbocycles. The summed E-state index contributed by atoms with van der Waals surface area (Å²) in [7, 11) is 0. The van der Waals surface area contributed by atoms with Crippen LogP contribution < -0.4 is 0 Å². The lowest BCUT2D eigenvalue weighted by atomic mass is 9.78. The van der Waals surface area contributed by atoms with Gasteiger partial charge in [-0.1, -0.05) is 18.9 Å². The van der Waals surface area contributed by atoms with Gasteiger partial charge in [0, 0.05) is 18.2 Å². The number of phenols is 1. The predicted octanol–water partition coefficient (Wildman–Crippen LogP) is 3.19. The van der Waals surface area contributed by atoms with Crippen LogP contribution >= 0.6 is 0 Å². The molecule has 1 aromatic rings. The minimum atomic E-state index is 0.0903. The molecule has 3 nitrogen and oxygen atoms in total. The van der Waals surface area contributed by atoms with E-state index in [0.717, 1.165) is 19.4 Å². The van der Waals surface area contributed by atoms with Crippen LogP contribution in [0.25, 0.3) is 0 Å². The molecule has 1 aliphatic heterocycles. The second-order valence-corrected chi connectivity index (χ2v) is 5.80. The van der Waals surface area contributed by atoms with Gasteiger partial charge in [0.25, 0.3) is 5.91 Å². The van der Waals surface area contributed by atoms with Crippen molar-refractivity contribution < 1.29 is 9.90 Å². The maximum atomic E-state index is 12.6. The molecule has 0 spiro atoms. The molecule has 0 radical (unpaired) electrons. The molecule has 1 N–H and O–H groups in total. The van der Waals surface area contributed by atoms with Gasteiger partial charge in [0.15, 0.2) is 0 Å². The first-order valence-corrected chi connectivity index (χ1v) is 7.36. The molecule has 2 unspecified atom stereocenters. The van der Waals surface area contributed by atoms with Crippen molar-refractivity contribution in [3.8, 4) is 5.75 Å². The average Bonchev–Trinajstić information content (AvgIpc) is 2.46. The first-order chi connectivity index (χ1) is 9.25. The lowest BCUT2D eigenvalue weighted by Crippen LogP contribution is -2.49. The van der Waals surface area contributed by atoms with E-state index in [1.807, 2.05) is 0 Å². The molecule has 1 amide bonds. The van der Waals surface area contributed by atoms with E-state index >= 15 is 0 Å². The molecule has 2 fully saturated rings. The highest BCUT2D eigenvalue weighted by Crippen LogP contribution is 2.36. The predicted molar refractivity (Wildman–Crippen MR) is 74.1 cm³/mol. The lowest BCUT2D eigenvalue weighted by Gasteiger charge is -2.44. The van der Waals surface area contributed by atoms with Crippen LogP contribution in [-0.4, -0.2) is 28.5 Å². The van der Waals surface area contributed by atoms with Crippen molar-refractivity contribution in [2.45, 2.75) is 44.6 Å². The summed E-state index contributed by atoms with van der Waals surface area (Å²) in [5, 5.41) is 9.52. The summed E-state index contributed by atoms with van der Waals surface area (Å²) in [6.45, 7) is 0.871. The molecule has 1 heterocycles. The Kier molecular flexibility index (Phi) is 3.45. The molecule has 2 atom stereocenters. The molecule has 3 rings (SSSR count). The number of nitrogens with zero attached hydrogens (tertiary/aromatic N) is 1. The number of amides is 1. The Morgan fingerprint density at radius 3 is 2.79 bits per heavy atom. The summed E-state index contributed by atoms with van der Waals surface area (Å²) in [6.07, 6.45) is 7.37. The molecular formula is C16H21NO2. The highest BCUT2D eigenvalue weighted by Gasteiger charge is 2.35. The van der Waals surface area contributed by atoms with Gasteiger partial charge in [-0.25, -0.2) is 0 Å². The Morgan fingerprint density at radius 1 is 1.16 bits per heavy atom. The van der Waals surface area contributed by atoms with Crippen LogP contribution in [0.15, 0.2) is 24.3 Å². The molecule has 0 aromatic heterocycles. The fourth-order valence-electron chi connectivity index (χ4n) is 3.68. The van der Waals surface area contributed by atoms with Crippen molar-refractivity contribution in [1.82, 2.24) is 4.90 Å². The molecule has 102 valence electrons. The summed E-state index contributed by atoms with van der Waals surface area (Å²) in [4.78, 5) is 14.7. The van der Waals surface area contributed by atoms with Crippen LogP contribution in [0, 0.1) is 5.92 Å². The number of aromatic hydroxyl groups is 1. The Morgan fingerprint density at radius 2 is 1.95 bits per heavy atom. The first kappa shape index (κ1) is 12.5. The van der Waals surface area contributed by atoms with Crippen LogP contribution in [-0.2, 0) is 0 Å². The Hall–Kier alpha value is -1.51. The number of likely N-dealkylation sites (tertiary alicyclic amines) is 1. The number of carbonyl (C=O) groups excluding carboxylic acids is 1. The van der Waals surface area contributed by atoms with Crippen molar-refractivity contribution in [3.63, 3.8) is 0 Å². The molecule has 3 heteroatoms. The van der Waals surface area contributed by atoms with E-state index in [-0.39, 0.29) is 11.7 Å². The summed E-state index contributed by atoms with van der Waals surface area (Å²) in [5.41, 5.74) is 0.617. The molecular weight excluding hydrogens is 238 g/mol. The topological polar surface area (TPSA) is 40.5 Å². The standard InChI is InChI=1S/C16H21NO2/c18-14-8-3-6-13(11-14)16(19)17-10-4-7-12-5-1-2-9-15(12)17/h3,6,8,11-12,15,18H,1-2,4-5,7,9-10H2. The van der Waals surface area contributed by atoms with Crippen molar-refractivity contribution in [2.75, 3.05) is 6.54 Å². The number of hydrogen-bond donors (Lipinski definition) is 1. The maximum absolute atomic E-state index is 12.6. The number of phenolic OH excluding ortho intramolecular Hbond substituents is 1. The van der Waals surface area contributed by atoms with Crippen molar-refractivity contribution in [3.05, 3.63) is 29.8 Å². The van der Waals surface area contributed by atoms with E-state index in [2.05, 4.69) is 4.90 Å². The third kappa shape index (κ3) is 2.46. The highest BCUT2D eigenvalue weighted by atomic mass is 16.3. The monoisotopic (exact) mass is 259 g/mol. The van der Waals surface area contributed by atoms with Crippen molar-refractivity contribution in [1.29, 1.82) is 0 Å². The molecule has 19 heavy (non-hydrogen) atoms. The Bertz CT molecular complexity index is 470. The van der Waals surface area contributed by atoms with Crippen LogP contribution in [0.4, 0.5) is 0 Å². The Labute approximate surface area is 114 Å². The fraction of sp³-hybridized carbons (Fsp3) is 0.562. The van der Waals surface area contributed by atoms with Gasteiger partial charge in [-0.15, -0.1) is 0 Å². The van der Waals surface area contributed by atoms with E-state index in [9.17, 15) is 9.90 Å². The van der Waals surface area contributed by atoms with Gasteiger partial charge in [-0.3, -0.25) is 4.79 Å². The van der Waals surface area contributed by atoms with E-state index in [4.69, 9.17) is 0 Å². The number of carbonyl (C=O) groups is 1. The smallest absolute Gasteiger partial charge is 0.254 e.